The van der Waals surface area contributed by atoms with Crippen molar-refractivity contribution in [2.45, 2.75) is 12.6 Å². The molecule has 0 atom stereocenters. The van der Waals surface area contributed by atoms with Crippen LogP contribution in [0.5, 0.6) is 17.4 Å². The van der Waals surface area contributed by atoms with Gasteiger partial charge in [-0.3, -0.25) is 0 Å². The van der Waals surface area contributed by atoms with Crippen LogP contribution in [0, 0.1) is 0 Å². The Morgan fingerprint density at radius 3 is 2.14 bits per heavy atom. The predicted octanol–water partition coefficient (Wildman–Crippen LogP) is 7.56. The van der Waals surface area contributed by atoms with Crippen LogP contribution in [-0.4, -0.2) is 18.2 Å². The van der Waals surface area contributed by atoms with Gasteiger partial charge in [-0.1, -0.05) is 58.0 Å². The standard InChI is InChI=1S/C17H11Cl5F3NO3/c18-11-5-10(29-8-14(21)22)6-12(19)15(11)27-2-1-3-28-16-13(20)4-9(7-26-16)17(23,24)25/h4-8H,1-3H2. The maximum absolute atomic E-state index is 12.6. The molecule has 0 saturated heterocycles. The Morgan fingerprint density at radius 1 is 0.966 bits per heavy atom. The normalized spacial score (nSPS) is 11.2. The molecule has 0 radical (unpaired) electrons. The Balaban J connectivity index is 1.86. The quantitative estimate of drug-likeness (QED) is 0.271. The van der Waals surface area contributed by atoms with Gasteiger partial charge in [-0.15, -0.1) is 0 Å². The topological polar surface area (TPSA) is 40.6 Å². The number of hydrogen-bond acceptors (Lipinski definition) is 4. The maximum atomic E-state index is 12.6. The van der Waals surface area contributed by atoms with Gasteiger partial charge in [0.15, 0.2) is 5.75 Å². The molecule has 2 rings (SSSR count). The van der Waals surface area contributed by atoms with Gasteiger partial charge < -0.3 is 14.2 Å². The van der Waals surface area contributed by atoms with Crippen LogP contribution in [0.25, 0.3) is 0 Å². The summed E-state index contributed by atoms with van der Waals surface area (Å²) in [6.07, 6.45) is -2.43. The zero-order valence-corrected chi connectivity index (χ0v) is 18.0. The van der Waals surface area contributed by atoms with Crippen LogP contribution in [0.3, 0.4) is 0 Å². The van der Waals surface area contributed by atoms with E-state index in [2.05, 4.69) is 4.98 Å². The van der Waals surface area contributed by atoms with Crippen molar-refractivity contribution in [3.8, 4) is 17.4 Å². The molecule has 0 saturated carbocycles. The minimum Gasteiger partial charge on any atom is -0.490 e. The lowest BCUT2D eigenvalue weighted by molar-refractivity contribution is -0.137. The van der Waals surface area contributed by atoms with Crippen LogP contribution < -0.4 is 14.2 Å². The van der Waals surface area contributed by atoms with Gasteiger partial charge in [0.05, 0.1) is 28.8 Å². The van der Waals surface area contributed by atoms with Crippen molar-refractivity contribution in [3.63, 3.8) is 0 Å². The predicted molar refractivity (Wildman–Crippen MR) is 107 cm³/mol. The number of ether oxygens (including phenoxy) is 3. The highest BCUT2D eigenvalue weighted by molar-refractivity contribution is 6.55. The molecule has 2 aromatic rings. The highest BCUT2D eigenvalue weighted by Crippen LogP contribution is 2.37. The van der Waals surface area contributed by atoms with E-state index in [1.54, 1.807) is 0 Å². The minimum atomic E-state index is -4.53. The average molecular weight is 512 g/mol. The minimum absolute atomic E-state index is 0.0831. The molecular weight excluding hydrogens is 500 g/mol. The Hall–Kier alpha value is -1.25. The van der Waals surface area contributed by atoms with E-state index in [-0.39, 0.29) is 44.4 Å². The number of pyridine rings is 1. The lowest BCUT2D eigenvalue weighted by Crippen LogP contribution is -2.09. The van der Waals surface area contributed by atoms with Crippen molar-refractivity contribution < 1.29 is 27.4 Å². The summed E-state index contributed by atoms with van der Waals surface area (Å²) in [5, 5.41) is 0.147. The molecule has 0 amide bonds. The number of halogens is 8. The number of nitrogens with zero attached hydrogens (tertiary/aromatic N) is 1. The first-order chi connectivity index (χ1) is 13.6. The lowest BCUT2D eigenvalue weighted by atomic mass is 10.3. The first-order valence-corrected chi connectivity index (χ1v) is 9.62. The summed E-state index contributed by atoms with van der Waals surface area (Å²) in [6.45, 7) is 0.249. The molecule has 4 nitrogen and oxygen atoms in total. The summed E-state index contributed by atoms with van der Waals surface area (Å²) in [4.78, 5) is 3.57. The summed E-state index contributed by atoms with van der Waals surface area (Å²) in [5.74, 6) is 0.424. The molecule has 1 aromatic heterocycles. The smallest absolute Gasteiger partial charge is 0.417 e. The van der Waals surface area contributed by atoms with Crippen molar-refractivity contribution in [1.82, 2.24) is 4.98 Å². The third-order valence-corrected chi connectivity index (χ3v) is 4.17. The van der Waals surface area contributed by atoms with Crippen molar-refractivity contribution in [1.29, 1.82) is 0 Å². The monoisotopic (exact) mass is 509 g/mol. The molecule has 0 aliphatic carbocycles. The molecular formula is C17H11Cl5F3NO3. The second-order valence-corrected chi connectivity index (χ2v) is 7.53. The molecule has 0 unspecified atom stereocenters. The average Bonchev–Trinajstić information content (AvgIpc) is 2.61. The van der Waals surface area contributed by atoms with Crippen LogP contribution in [0.4, 0.5) is 13.2 Å². The fourth-order valence-corrected chi connectivity index (χ4v) is 2.83. The molecule has 0 spiro atoms. The molecule has 0 bridgehead atoms. The molecule has 1 aromatic carbocycles. The van der Waals surface area contributed by atoms with E-state index in [1.807, 2.05) is 0 Å². The van der Waals surface area contributed by atoms with Gasteiger partial charge in [0.1, 0.15) is 21.5 Å². The van der Waals surface area contributed by atoms with Crippen molar-refractivity contribution >= 4 is 58.0 Å². The van der Waals surface area contributed by atoms with Gasteiger partial charge in [-0.05, 0) is 6.07 Å². The van der Waals surface area contributed by atoms with Gasteiger partial charge in [0, 0.05) is 24.8 Å². The molecule has 12 heteroatoms. The van der Waals surface area contributed by atoms with Gasteiger partial charge >= 0.3 is 6.18 Å². The first kappa shape index (κ1) is 24.0. The molecule has 1 heterocycles. The highest BCUT2D eigenvalue weighted by atomic mass is 35.5. The Kier molecular flexibility index (Phi) is 8.85. The van der Waals surface area contributed by atoms with Gasteiger partial charge in [-0.25, -0.2) is 4.98 Å². The maximum Gasteiger partial charge on any atom is 0.417 e. The van der Waals surface area contributed by atoms with E-state index < -0.39 is 11.7 Å². The number of hydrogen-bond donors (Lipinski definition) is 0. The van der Waals surface area contributed by atoms with Crippen LogP contribution in [0.15, 0.2) is 35.1 Å². The second-order valence-electron chi connectivity index (χ2n) is 5.30. The summed E-state index contributed by atoms with van der Waals surface area (Å²) in [5.41, 5.74) is -0.960. The Bertz CT molecular complexity index is 866. The summed E-state index contributed by atoms with van der Waals surface area (Å²) >= 11 is 28.9. The number of benzene rings is 1. The Labute approximate surface area is 189 Å². The van der Waals surface area contributed by atoms with E-state index in [0.29, 0.717) is 18.4 Å². The Morgan fingerprint density at radius 2 is 1.59 bits per heavy atom. The molecule has 0 aliphatic heterocycles. The lowest BCUT2D eigenvalue weighted by Gasteiger charge is -2.12. The third kappa shape index (κ3) is 7.50. The largest absolute Gasteiger partial charge is 0.490 e. The fraction of sp³-hybridized carbons (Fsp3) is 0.235. The SMILES string of the molecule is FC(F)(F)c1cnc(OCCCOc2c(Cl)cc(OC=C(Cl)Cl)cc2Cl)c(Cl)c1. The zero-order chi connectivity index (χ0) is 21.6. The van der Waals surface area contributed by atoms with Gasteiger partial charge in [-0.2, -0.15) is 13.2 Å². The van der Waals surface area contributed by atoms with E-state index in [4.69, 9.17) is 72.2 Å². The number of rotatable bonds is 8. The number of aromatic nitrogens is 1. The van der Waals surface area contributed by atoms with E-state index in [9.17, 15) is 13.2 Å². The van der Waals surface area contributed by atoms with Gasteiger partial charge in [0.25, 0.3) is 0 Å². The highest BCUT2D eigenvalue weighted by Gasteiger charge is 2.31. The second kappa shape index (κ2) is 10.7. The summed E-state index contributed by atoms with van der Waals surface area (Å²) < 4.78 is 53.6. The van der Waals surface area contributed by atoms with Crippen LogP contribution >= 0.6 is 58.0 Å². The zero-order valence-electron chi connectivity index (χ0n) is 14.2. The van der Waals surface area contributed by atoms with Crippen molar-refractivity contribution in [3.05, 3.63) is 55.8 Å². The van der Waals surface area contributed by atoms with Crippen molar-refractivity contribution in [2.24, 2.45) is 0 Å². The van der Waals surface area contributed by atoms with E-state index in [0.717, 1.165) is 12.3 Å². The van der Waals surface area contributed by atoms with Gasteiger partial charge in [0.2, 0.25) is 5.88 Å². The van der Waals surface area contributed by atoms with E-state index >= 15 is 0 Å². The third-order valence-electron chi connectivity index (χ3n) is 3.16. The molecule has 0 aliphatic rings. The first-order valence-electron chi connectivity index (χ1n) is 7.73. The fourth-order valence-electron chi connectivity index (χ4n) is 1.94. The molecule has 158 valence electrons. The van der Waals surface area contributed by atoms with Crippen LogP contribution in [0.1, 0.15) is 12.0 Å². The molecule has 0 N–H and O–H groups in total. The number of alkyl halides is 3. The van der Waals surface area contributed by atoms with Crippen LogP contribution in [-0.2, 0) is 6.18 Å². The summed E-state index contributed by atoms with van der Waals surface area (Å²) in [6, 6.07) is 3.66. The molecule has 29 heavy (non-hydrogen) atoms. The summed E-state index contributed by atoms with van der Waals surface area (Å²) in [7, 11) is 0. The van der Waals surface area contributed by atoms with E-state index in [1.165, 1.54) is 12.1 Å². The van der Waals surface area contributed by atoms with Crippen molar-refractivity contribution in [2.75, 3.05) is 13.2 Å². The molecule has 0 fully saturated rings. The van der Waals surface area contributed by atoms with Crippen LogP contribution in [0.2, 0.25) is 15.1 Å².